The maximum absolute atomic E-state index is 4.36. The minimum atomic E-state index is 0.00453. The summed E-state index contributed by atoms with van der Waals surface area (Å²) in [6, 6.07) is 16.5. The molecule has 1 aliphatic rings. The first-order valence-corrected chi connectivity index (χ1v) is 8.69. The number of nitrogens with zero attached hydrogens (tertiary/aromatic N) is 3. The molecule has 1 N–H and O–H groups in total. The average Bonchev–Trinajstić information content (AvgIpc) is 3.03. The lowest BCUT2D eigenvalue weighted by Gasteiger charge is -2.24. The van der Waals surface area contributed by atoms with E-state index >= 15 is 0 Å². The summed E-state index contributed by atoms with van der Waals surface area (Å²) in [7, 11) is 0. The topological polar surface area (TPSA) is 42.7 Å². The minimum Gasteiger partial charge on any atom is -0.324 e. The second kappa shape index (κ2) is 5.94. The number of allylic oxidation sites excluding steroid dienone is 1. The lowest BCUT2D eigenvalue weighted by atomic mass is 10.0. The Hall–Kier alpha value is -1.92. The average molecular weight is 432 g/mol. The molecule has 0 radical (unpaired) electrons. The molecule has 0 spiro atoms. The van der Waals surface area contributed by atoms with Crippen LogP contribution in [0.5, 0.6) is 0 Å². The van der Waals surface area contributed by atoms with Crippen LogP contribution in [-0.4, -0.2) is 14.8 Å². The van der Waals surface area contributed by atoms with Crippen molar-refractivity contribution < 1.29 is 0 Å². The van der Waals surface area contributed by atoms with E-state index in [0.29, 0.717) is 0 Å². The van der Waals surface area contributed by atoms with Gasteiger partial charge in [-0.2, -0.15) is 10.1 Å². The van der Waals surface area contributed by atoms with E-state index in [1.54, 1.807) is 6.33 Å². The molecule has 6 heteroatoms. The number of aromatic nitrogens is 3. The fraction of sp³-hybridized carbons (Fsp3) is 0.0588. The first-order valence-electron chi connectivity index (χ1n) is 7.10. The Morgan fingerprint density at radius 3 is 2.61 bits per heavy atom. The van der Waals surface area contributed by atoms with E-state index < -0.39 is 0 Å². The fourth-order valence-corrected chi connectivity index (χ4v) is 3.34. The molecule has 0 saturated heterocycles. The van der Waals surface area contributed by atoms with Gasteiger partial charge in [-0.1, -0.05) is 56.1 Å². The number of anilines is 1. The molecule has 1 atom stereocenters. The number of rotatable bonds is 2. The highest BCUT2D eigenvalue weighted by Crippen LogP contribution is 2.33. The van der Waals surface area contributed by atoms with Crippen LogP contribution in [-0.2, 0) is 0 Å². The third kappa shape index (κ3) is 2.84. The molecular formula is C17H12Br2N4. The van der Waals surface area contributed by atoms with E-state index in [0.717, 1.165) is 31.7 Å². The van der Waals surface area contributed by atoms with Crippen LogP contribution in [0.1, 0.15) is 17.2 Å². The lowest BCUT2D eigenvalue weighted by Crippen LogP contribution is -2.20. The number of benzene rings is 2. The van der Waals surface area contributed by atoms with Gasteiger partial charge in [0.15, 0.2) is 0 Å². The van der Waals surface area contributed by atoms with Crippen LogP contribution < -0.4 is 5.32 Å². The summed E-state index contributed by atoms with van der Waals surface area (Å²) in [5, 5.41) is 7.71. The zero-order valence-electron chi connectivity index (χ0n) is 11.9. The van der Waals surface area contributed by atoms with E-state index in [2.05, 4.69) is 77.6 Å². The van der Waals surface area contributed by atoms with Gasteiger partial charge in [0.05, 0.1) is 0 Å². The van der Waals surface area contributed by atoms with Crippen molar-refractivity contribution in [2.45, 2.75) is 6.04 Å². The first kappa shape index (κ1) is 14.7. The number of hydrogen-bond donors (Lipinski definition) is 1. The van der Waals surface area contributed by atoms with Gasteiger partial charge < -0.3 is 5.32 Å². The Balaban J connectivity index is 1.81. The van der Waals surface area contributed by atoms with Crippen LogP contribution in [0.2, 0.25) is 0 Å². The highest BCUT2D eigenvalue weighted by molar-refractivity contribution is 9.10. The first-order chi connectivity index (χ1) is 11.2. The van der Waals surface area contributed by atoms with E-state index in [9.17, 15) is 0 Å². The van der Waals surface area contributed by atoms with Crippen molar-refractivity contribution in [1.82, 2.24) is 14.8 Å². The van der Waals surface area contributed by atoms with E-state index in [4.69, 9.17) is 0 Å². The van der Waals surface area contributed by atoms with Crippen molar-refractivity contribution >= 4 is 43.5 Å². The largest absolute Gasteiger partial charge is 0.324 e. The highest BCUT2D eigenvalue weighted by Gasteiger charge is 2.23. The summed E-state index contributed by atoms with van der Waals surface area (Å²) >= 11 is 7.01. The number of halogens is 2. The summed E-state index contributed by atoms with van der Waals surface area (Å²) < 4.78 is 4.00. The number of hydrogen-bond acceptors (Lipinski definition) is 3. The molecule has 2 aromatic carbocycles. The van der Waals surface area contributed by atoms with Gasteiger partial charge in [0, 0.05) is 14.6 Å². The molecule has 0 unspecified atom stereocenters. The smallest absolute Gasteiger partial charge is 0.226 e. The summed E-state index contributed by atoms with van der Waals surface area (Å²) in [5.41, 5.74) is 3.30. The Labute approximate surface area is 150 Å². The van der Waals surface area contributed by atoms with Crippen molar-refractivity contribution in [2.24, 2.45) is 0 Å². The molecule has 23 heavy (non-hydrogen) atoms. The number of fused-ring (bicyclic) bond motifs is 1. The lowest BCUT2D eigenvalue weighted by molar-refractivity contribution is 0.611. The molecule has 2 heterocycles. The fourth-order valence-electron chi connectivity index (χ4n) is 2.66. The molecule has 1 aliphatic heterocycles. The SMILES string of the molecule is Brc1ccc(C2=C[C@@H](c3cccc(Br)c3)n3ncnc3N2)cc1. The normalized spacial score (nSPS) is 16.4. The van der Waals surface area contributed by atoms with Gasteiger partial charge in [-0.3, -0.25) is 0 Å². The van der Waals surface area contributed by atoms with Crippen molar-refractivity contribution in [3.63, 3.8) is 0 Å². The van der Waals surface area contributed by atoms with E-state index in [1.165, 1.54) is 0 Å². The maximum atomic E-state index is 4.36. The summed E-state index contributed by atoms with van der Waals surface area (Å²) in [5.74, 6) is 0.746. The minimum absolute atomic E-state index is 0.00453. The van der Waals surface area contributed by atoms with Crippen LogP contribution >= 0.6 is 31.9 Å². The number of nitrogens with one attached hydrogen (secondary N) is 1. The van der Waals surface area contributed by atoms with Gasteiger partial charge in [-0.15, -0.1) is 0 Å². The molecule has 114 valence electrons. The van der Waals surface area contributed by atoms with E-state index in [1.807, 2.05) is 28.9 Å². The van der Waals surface area contributed by atoms with Crippen molar-refractivity contribution in [1.29, 1.82) is 0 Å². The monoisotopic (exact) mass is 430 g/mol. The predicted octanol–water partition coefficient (Wildman–Crippen LogP) is 4.86. The quantitative estimate of drug-likeness (QED) is 0.630. The van der Waals surface area contributed by atoms with Gasteiger partial charge in [-0.25, -0.2) is 4.68 Å². The molecule has 4 nitrogen and oxygen atoms in total. The molecule has 3 aromatic rings. The van der Waals surface area contributed by atoms with Gasteiger partial charge in [0.25, 0.3) is 0 Å². The third-order valence-corrected chi connectivity index (χ3v) is 4.77. The van der Waals surface area contributed by atoms with Gasteiger partial charge in [0.2, 0.25) is 5.95 Å². The standard InChI is InChI=1S/C17H12Br2N4/c18-13-6-4-11(5-7-13)15-9-16(12-2-1-3-14(19)8-12)23-17(22-15)20-10-21-23/h1-10,16H,(H,20,21,22)/t16-/m0/s1. The second-order valence-corrected chi connectivity index (χ2v) is 7.07. The third-order valence-electron chi connectivity index (χ3n) is 3.75. The molecule has 4 rings (SSSR count). The predicted molar refractivity (Wildman–Crippen MR) is 98.0 cm³/mol. The van der Waals surface area contributed by atoms with Gasteiger partial charge >= 0.3 is 0 Å². The highest BCUT2D eigenvalue weighted by atomic mass is 79.9. The Bertz CT molecular complexity index is 884. The molecule has 0 bridgehead atoms. The Morgan fingerprint density at radius 2 is 1.83 bits per heavy atom. The van der Waals surface area contributed by atoms with Crippen LogP contribution in [0.15, 0.2) is 69.9 Å². The Morgan fingerprint density at radius 1 is 1.00 bits per heavy atom. The molecule has 0 aliphatic carbocycles. The Kier molecular flexibility index (Phi) is 3.79. The van der Waals surface area contributed by atoms with Crippen molar-refractivity contribution in [3.05, 3.63) is 81.0 Å². The van der Waals surface area contributed by atoms with E-state index in [-0.39, 0.29) is 6.04 Å². The molecule has 1 aromatic heterocycles. The van der Waals surface area contributed by atoms with Crippen LogP contribution in [0.4, 0.5) is 5.95 Å². The summed E-state index contributed by atoms with van der Waals surface area (Å²) in [6.45, 7) is 0. The molecule has 0 saturated carbocycles. The van der Waals surface area contributed by atoms with Crippen LogP contribution in [0, 0.1) is 0 Å². The molecular weight excluding hydrogens is 420 g/mol. The summed E-state index contributed by atoms with van der Waals surface area (Å²) in [6.07, 6.45) is 3.75. The molecule has 0 fully saturated rings. The zero-order valence-corrected chi connectivity index (χ0v) is 15.1. The van der Waals surface area contributed by atoms with Crippen LogP contribution in [0.25, 0.3) is 5.70 Å². The molecule has 0 amide bonds. The van der Waals surface area contributed by atoms with Gasteiger partial charge in [-0.05, 0) is 41.5 Å². The zero-order chi connectivity index (χ0) is 15.8. The summed E-state index contributed by atoms with van der Waals surface area (Å²) in [4.78, 5) is 4.33. The van der Waals surface area contributed by atoms with Crippen molar-refractivity contribution in [2.75, 3.05) is 5.32 Å². The van der Waals surface area contributed by atoms with Crippen LogP contribution in [0.3, 0.4) is 0 Å². The van der Waals surface area contributed by atoms with Crippen molar-refractivity contribution in [3.8, 4) is 0 Å². The maximum Gasteiger partial charge on any atom is 0.226 e. The second-order valence-electron chi connectivity index (χ2n) is 5.24. The van der Waals surface area contributed by atoms with Gasteiger partial charge in [0.1, 0.15) is 12.4 Å².